The van der Waals surface area contributed by atoms with Crippen LogP contribution in [0.2, 0.25) is 5.02 Å². The summed E-state index contributed by atoms with van der Waals surface area (Å²) in [6.45, 7) is 10.6. The van der Waals surface area contributed by atoms with Crippen LogP contribution >= 0.6 is 11.6 Å². The topological polar surface area (TPSA) is 86.8 Å². The van der Waals surface area contributed by atoms with Crippen LogP contribution in [0.25, 0.3) is 0 Å². The van der Waals surface area contributed by atoms with Crippen LogP contribution in [-0.4, -0.2) is 49.5 Å². The van der Waals surface area contributed by atoms with Crippen molar-refractivity contribution in [3.63, 3.8) is 0 Å². The van der Waals surface area contributed by atoms with E-state index >= 15 is 0 Å². The Morgan fingerprint density at radius 3 is 2.24 bits per heavy atom. The first kappa shape index (κ1) is 27.7. The van der Waals surface area contributed by atoms with Crippen molar-refractivity contribution >= 4 is 39.1 Å². The molecule has 7 nitrogen and oxygen atoms in total. The number of sulfonamides is 1. The predicted octanol–water partition coefficient (Wildman–Crippen LogP) is 4.05. The number of carbonyl (C=O) groups excluding carboxylic acids is 2. The van der Waals surface area contributed by atoms with Crippen molar-refractivity contribution in [1.82, 2.24) is 10.2 Å². The minimum Gasteiger partial charge on any atom is -0.350 e. The number of nitrogens with zero attached hydrogens (tertiary/aromatic N) is 2. The van der Waals surface area contributed by atoms with Gasteiger partial charge in [-0.2, -0.15) is 0 Å². The summed E-state index contributed by atoms with van der Waals surface area (Å²) < 4.78 is 26.4. The first-order valence-corrected chi connectivity index (χ1v) is 13.2. The van der Waals surface area contributed by atoms with E-state index in [0.717, 1.165) is 21.7 Å². The molecule has 0 saturated carbocycles. The fourth-order valence-electron chi connectivity index (χ4n) is 3.47. The van der Waals surface area contributed by atoms with Crippen molar-refractivity contribution in [2.75, 3.05) is 17.1 Å². The van der Waals surface area contributed by atoms with E-state index in [0.29, 0.717) is 16.3 Å². The van der Waals surface area contributed by atoms with Crippen molar-refractivity contribution in [3.05, 3.63) is 64.2 Å². The van der Waals surface area contributed by atoms with Gasteiger partial charge in [-0.25, -0.2) is 8.42 Å². The fraction of sp³-hybridized carbons (Fsp3) is 0.440. The first-order valence-electron chi connectivity index (χ1n) is 11.0. The average Bonchev–Trinajstić information content (AvgIpc) is 2.70. The molecule has 1 N–H and O–H groups in total. The maximum Gasteiger partial charge on any atom is 0.244 e. The molecule has 34 heavy (non-hydrogen) atoms. The number of hydrogen-bond acceptors (Lipinski definition) is 4. The molecule has 0 aliphatic carbocycles. The molecule has 0 aliphatic heterocycles. The molecule has 1 unspecified atom stereocenters. The third-order valence-electron chi connectivity index (χ3n) is 5.39. The lowest BCUT2D eigenvalue weighted by Crippen LogP contribution is -2.54. The molecule has 2 rings (SSSR count). The number of nitrogens with one attached hydrogen (secondary N) is 1. The molecular formula is C25H34ClN3O4S. The number of anilines is 1. The molecular weight excluding hydrogens is 474 g/mol. The van der Waals surface area contributed by atoms with Crippen LogP contribution in [0.15, 0.2) is 42.5 Å². The molecule has 9 heteroatoms. The van der Waals surface area contributed by atoms with Crippen molar-refractivity contribution in [2.45, 2.75) is 59.7 Å². The van der Waals surface area contributed by atoms with E-state index in [-0.39, 0.29) is 12.5 Å². The summed E-state index contributed by atoms with van der Waals surface area (Å²) in [5.41, 5.74) is 2.34. The van der Waals surface area contributed by atoms with E-state index in [4.69, 9.17) is 11.6 Å². The minimum absolute atomic E-state index is 0.163. The maximum absolute atomic E-state index is 13.6. The minimum atomic E-state index is -3.81. The monoisotopic (exact) mass is 507 g/mol. The van der Waals surface area contributed by atoms with E-state index in [1.54, 1.807) is 26.0 Å². The Bertz CT molecular complexity index is 1160. The molecule has 0 heterocycles. The largest absolute Gasteiger partial charge is 0.350 e. The number of rotatable bonds is 8. The van der Waals surface area contributed by atoms with Crippen LogP contribution < -0.4 is 9.62 Å². The highest BCUT2D eigenvalue weighted by Gasteiger charge is 2.32. The van der Waals surface area contributed by atoms with Gasteiger partial charge in [-0.1, -0.05) is 41.9 Å². The van der Waals surface area contributed by atoms with Crippen molar-refractivity contribution < 1.29 is 18.0 Å². The van der Waals surface area contributed by atoms with E-state index in [1.807, 2.05) is 52.0 Å². The molecule has 0 aliphatic rings. The highest BCUT2D eigenvalue weighted by atomic mass is 35.5. The Balaban J connectivity index is 2.47. The third kappa shape index (κ3) is 7.46. The van der Waals surface area contributed by atoms with Gasteiger partial charge < -0.3 is 10.2 Å². The van der Waals surface area contributed by atoms with Gasteiger partial charge in [0.15, 0.2) is 0 Å². The number of aryl methyl sites for hydroxylation is 2. The second-order valence-electron chi connectivity index (χ2n) is 9.56. The van der Waals surface area contributed by atoms with Gasteiger partial charge in [0, 0.05) is 17.1 Å². The Morgan fingerprint density at radius 2 is 1.68 bits per heavy atom. The summed E-state index contributed by atoms with van der Waals surface area (Å²) in [6, 6.07) is 11.6. The summed E-state index contributed by atoms with van der Waals surface area (Å²) >= 11 is 6.12. The number of hydrogen-bond donors (Lipinski definition) is 1. The summed E-state index contributed by atoms with van der Waals surface area (Å²) in [6.07, 6.45) is 1.04. The Hall–Kier alpha value is -2.58. The quantitative estimate of drug-likeness (QED) is 0.583. The number of amides is 2. The van der Waals surface area contributed by atoms with Crippen LogP contribution in [0.1, 0.15) is 44.4 Å². The molecule has 0 bridgehead atoms. The van der Waals surface area contributed by atoms with Crippen LogP contribution in [-0.2, 0) is 26.2 Å². The highest BCUT2D eigenvalue weighted by Crippen LogP contribution is 2.27. The Kier molecular flexibility index (Phi) is 8.77. The van der Waals surface area contributed by atoms with Crippen LogP contribution in [0.3, 0.4) is 0 Å². The van der Waals surface area contributed by atoms with E-state index in [9.17, 15) is 18.0 Å². The molecule has 0 radical (unpaired) electrons. The fourth-order valence-corrected chi connectivity index (χ4v) is 4.54. The number of halogens is 1. The zero-order chi connectivity index (χ0) is 25.8. The molecule has 0 aromatic heterocycles. The van der Waals surface area contributed by atoms with Crippen LogP contribution in [0.4, 0.5) is 5.69 Å². The molecule has 186 valence electrons. The van der Waals surface area contributed by atoms with Gasteiger partial charge in [0.25, 0.3) is 0 Å². The lowest BCUT2D eigenvalue weighted by Gasteiger charge is -2.33. The van der Waals surface area contributed by atoms with Crippen molar-refractivity contribution in [3.8, 4) is 0 Å². The molecule has 2 aromatic rings. The van der Waals surface area contributed by atoms with E-state index < -0.39 is 34.1 Å². The zero-order valence-electron chi connectivity index (χ0n) is 20.8. The highest BCUT2D eigenvalue weighted by molar-refractivity contribution is 7.92. The molecule has 2 aromatic carbocycles. The van der Waals surface area contributed by atoms with E-state index in [1.165, 1.54) is 11.0 Å². The summed E-state index contributed by atoms with van der Waals surface area (Å²) in [5.74, 6) is -0.816. The first-order chi connectivity index (χ1) is 15.6. The summed E-state index contributed by atoms with van der Waals surface area (Å²) in [5, 5.41) is 3.26. The lowest BCUT2D eigenvalue weighted by atomic mass is 10.1. The Morgan fingerprint density at radius 1 is 1.06 bits per heavy atom. The van der Waals surface area contributed by atoms with Gasteiger partial charge in [-0.15, -0.1) is 0 Å². The van der Waals surface area contributed by atoms with Gasteiger partial charge in [0.1, 0.15) is 12.6 Å². The molecule has 1 atom stereocenters. The van der Waals surface area contributed by atoms with Gasteiger partial charge in [0.2, 0.25) is 21.8 Å². The van der Waals surface area contributed by atoms with Gasteiger partial charge in [0.05, 0.1) is 11.9 Å². The molecule has 0 spiro atoms. The van der Waals surface area contributed by atoms with Crippen LogP contribution in [0, 0.1) is 13.8 Å². The second kappa shape index (κ2) is 10.8. The number of benzene rings is 2. The standard InChI is InChI=1S/C25H34ClN3O4S/c1-17-10-8-9-11-20(17)15-28(19(3)24(31)27-25(4,5)6)23(30)16-29(34(7,32)33)22-14-21(26)13-12-18(22)2/h8-14,19H,15-16H2,1-7H3,(H,27,31). The SMILES string of the molecule is Cc1ccccc1CN(C(=O)CN(c1cc(Cl)ccc1C)S(C)(=O)=O)C(C)C(=O)NC(C)(C)C. The number of carbonyl (C=O) groups is 2. The van der Waals surface area contributed by atoms with Crippen molar-refractivity contribution in [2.24, 2.45) is 0 Å². The average molecular weight is 508 g/mol. The molecule has 0 saturated heterocycles. The van der Waals surface area contributed by atoms with Crippen molar-refractivity contribution in [1.29, 1.82) is 0 Å². The second-order valence-corrected chi connectivity index (χ2v) is 11.9. The zero-order valence-corrected chi connectivity index (χ0v) is 22.4. The molecule has 2 amide bonds. The van der Waals surface area contributed by atoms with E-state index in [2.05, 4.69) is 5.32 Å². The maximum atomic E-state index is 13.6. The van der Waals surface area contributed by atoms with Gasteiger partial charge >= 0.3 is 0 Å². The van der Waals surface area contributed by atoms with Gasteiger partial charge in [-0.3, -0.25) is 13.9 Å². The summed E-state index contributed by atoms with van der Waals surface area (Å²) in [4.78, 5) is 28.0. The third-order valence-corrected chi connectivity index (χ3v) is 6.75. The lowest BCUT2D eigenvalue weighted by molar-refractivity contribution is -0.140. The van der Waals surface area contributed by atoms with Crippen LogP contribution in [0.5, 0.6) is 0 Å². The normalized spacial score (nSPS) is 12.7. The predicted molar refractivity (Wildman–Crippen MR) is 137 cm³/mol. The van der Waals surface area contributed by atoms with Gasteiger partial charge in [-0.05, 0) is 70.4 Å². The summed E-state index contributed by atoms with van der Waals surface area (Å²) in [7, 11) is -3.81. The molecule has 0 fully saturated rings. The Labute approximate surface area is 208 Å². The smallest absolute Gasteiger partial charge is 0.244 e.